The molecule has 1 rings (SSSR count). The maximum absolute atomic E-state index is 10.3. The molecular weight excluding hydrogens is 148 g/mol. The van der Waals surface area contributed by atoms with Gasteiger partial charge in [-0.05, 0) is 6.42 Å². The van der Waals surface area contributed by atoms with Crippen molar-refractivity contribution in [3.05, 3.63) is 0 Å². The topological polar surface area (TPSA) is 55.8 Å². The van der Waals surface area contributed by atoms with E-state index in [0.717, 1.165) is 0 Å². The van der Waals surface area contributed by atoms with Crippen molar-refractivity contribution in [1.82, 2.24) is 0 Å². The van der Waals surface area contributed by atoms with Crippen LogP contribution < -0.4 is 0 Å². The second-order valence-corrected chi connectivity index (χ2v) is 2.43. The van der Waals surface area contributed by atoms with Gasteiger partial charge in [-0.2, -0.15) is 0 Å². The minimum Gasteiger partial charge on any atom is -0.394 e. The van der Waals surface area contributed by atoms with Crippen molar-refractivity contribution in [3.8, 4) is 0 Å². The minimum atomic E-state index is -0.593. The summed E-state index contributed by atoms with van der Waals surface area (Å²) in [6.07, 6.45) is -0.0399. The van der Waals surface area contributed by atoms with E-state index in [9.17, 15) is 4.79 Å². The maximum Gasteiger partial charge on any atom is 0.159 e. The Labute approximate surface area is 65.1 Å². The fraction of sp³-hybridized carbons (Fsp3) is 0.857. The number of carbonyl (C=O) groups excluding carboxylic acids is 1. The third-order valence-corrected chi connectivity index (χ3v) is 1.65. The van der Waals surface area contributed by atoms with E-state index in [1.807, 2.05) is 6.92 Å². The van der Waals surface area contributed by atoms with E-state index in [-0.39, 0.29) is 12.9 Å². The van der Waals surface area contributed by atoms with Crippen LogP contribution in [-0.2, 0) is 14.3 Å². The van der Waals surface area contributed by atoms with E-state index in [1.54, 1.807) is 0 Å². The van der Waals surface area contributed by atoms with Crippen molar-refractivity contribution >= 4 is 6.29 Å². The van der Waals surface area contributed by atoms with Gasteiger partial charge in [-0.3, -0.25) is 0 Å². The lowest BCUT2D eigenvalue weighted by Crippen LogP contribution is -2.27. The van der Waals surface area contributed by atoms with Crippen LogP contribution in [0.25, 0.3) is 0 Å². The third-order valence-electron chi connectivity index (χ3n) is 1.65. The highest BCUT2D eigenvalue weighted by atomic mass is 16.7. The molecule has 0 aliphatic carbocycles. The molecule has 1 aliphatic heterocycles. The molecule has 4 nitrogen and oxygen atoms in total. The average Bonchev–Trinajstić information content (AvgIpc) is 2.46. The van der Waals surface area contributed by atoms with Crippen molar-refractivity contribution in [2.45, 2.75) is 31.8 Å². The first-order chi connectivity index (χ1) is 5.31. The van der Waals surface area contributed by atoms with E-state index in [1.165, 1.54) is 0 Å². The Morgan fingerprint density at radius 2 is 2.27 bits per heavy atom. The molecule has 0 aromatic carbocycles. The number of ether oxygens (including phenoxy) is 2. The molecule has 0 amide bonds. The molecule has 1 heterocycles. The van der Waals surface area contributed by atoms with E-state index >= 15 is 0 Å². The second kappa shape index (κ2) is 3.80. The van der Waals surface area contributed by atoms with Gasteiger partial charge >= 0.3 is 0 Å². The summed E-state index contributed by atoms with van der Waals surface area (Å²) >= 11 is 0. The molecule has 1 N–H and O–H groups in total. The summed E-state index contributed by atoms with van der Waals surface area (Å²) in [4.78, 5) is 10.3. The first-order valence-corrected chi connectivity index (χ1v) is 3.69. The van der Waals surface area contributed by atoms with Gasteiger partial charge in [0, 0.05) is 0 Å². The zero-order chi connectivity index (χ0) is 8.27. The normalized spacial score (nSPS) is 37.5. The Bertz CT molecular complexity index is 136. The molecule has 4 heteroatoms. The van der Waals surface area contributed by atoms with Crippen molar-refractivity contribution < 1.29 is 19.4 Å². The lowest BCUT2D eigenvalue weighted by atomic mass is 10.2. The average molecular weight is 160 g/mol. The van der Waals surface area contributed by atoms with Crippen LogP contribution in [0.5, 0.6) is 0 Å². The Morgan fingerprint density at radius 3 is 2.64 bits per heavy atom. The van der Waals surface area contributed by atoms with Gasteiger partial charge < -0.3 is 19.4 Å². The van der Waals surface area contributed by atoms with Crippen LogP contribution in [0.4, 0.5) is 0 Å². The first-order valence-electron chi connectivity index (χ1n) is 3.69. The minimum absolute atomic E-state index is 0.167. The largest absolute Gasteiger partial charge is 0.394 e. The molecule has 0 bridgehead atoms. The van der Waals surface area contributed by atoms with E-state index in [0.29, 0.717) is 12.7 Å². The van der Waals surface area contributed by atoms with Gasteiger partial charge in [0.15, 0.2) is 12.6 Å². The molecule has 0 spiro atoms. The van der Waals surface area contributed by atoms with Crippen molar-refractivity contribution in [2.24, 2.45) is 0 Å². The van der Waals surface area contributed by atoms with Gasteiger partial charge in [0.2, 0.25) is 0 Å². The zero-order valence-electron chi connectivity index (χ0n) is 6.40. The Kier molecular flexibility index (Phi) is 2.99. The summed E-state index contributed by atoms with van der Waals surface area (Å²) in [6.45, 7) is 1.73. The summed E-state index contributed by atoms with van der Waals surface area (Å²) in [5, 5.41) is 8.72. The molecule has 1 saturated heterocycles. The van der Waals surface area contributed by atoms with Crippen molar-refractivity contribution in [3.63, 3.8) is 0 Å². The molecule has 0 aromatic rings. The molecule has 0 radical (unpaired) electrons. The predicted octanol–water partition coefficient (Wildman–Crippen LogP) is -0.302. The number of rotatable bonds is 3. The van der Waals surface area contributed by atoms with E-state index in [4.69, 9.17) is 14.6 Å². The van der Waals surface area contributed by atoms with Gasteiger partial charge in [0.05, 0.1) is 6.61 Å². The van der Waals surface area contributed by atoms with Crippen LogP contribution in [0.1, 0.15) is 13.3 Å². The number of aliphatic hydroxyl groups excluding tert-OH is 1. The Hall–Kier alpha value is -0.450. The number of hydrogen-bond donors (Lipinski definition) is 1. The number of aldehydes is 1. The smallest absolute Gasteiger partial charge is 0.159 e. The molecule has 1 unspecified atom stereocenters. The fourth-order valence-corrected chi connectivity index (χ4v) is 1.03. The molecule has 1 aliphatic rings. The predicted molar refractivity (Wildman–Crippen MR) is 37.0 cm³/mol. The number of hydrogen-bond acceptors (Lipinski definition) is 4. The van der Waals surface area contributed by atoms with Crippen LogP contribution >= 0.6 is 0 Å². The molecule has 1 fully saturated rings. The standard InChI is InChI=1S/C7H12O4/c1-2-7-10-5(3-8)6(4-9)11-7/h3,5-7,9H,2,4H2,1H3/t5-,6+,7?/m1/s1. The van der Waals surface area contributed by atoms with Gasteiger partial charge in [-0.1, -0.05) is 6.92 Å². The van der Waals surface area contributed by atoms with Gasteiger partial charge in [0.25, 0.3) is 0 Å². The van der Waals surface area contributed by atoms with Gasteiger partial charge in [0.1, 0.15) is 12.2 Å². The number of carbonyl (C=O) groups is 1. The first kappa shape index (κ1) is 8.64. The maximum atomic E-state index is 10.3. The second-order valence-electron chi connectivity index (χ2n) is 2.43. The van der Waals surface area contributed by atoms with Gasteiger partial charge in [-0.15, -0.1) is 0 Å². The van der Waals surface area contributed by atoms with E-state index in [2.05, 4.69) is 0 Å². The van der Waals surface area contributed by atoms with Crippen LogP contribution in [0.3, 0.4) is 0 Å². The molecule has 3 atom stereocenters. The fourth-order valence-electron chi connectivity index (χ4n) is 1.03. The Morgan fingerprint density at radius 1 is 1.55 bits per heavy atom. The summed E-state index contributed by atoms with van der Waals surface area (Å²) < 4.78 is 10.3. The van der Waals surface area contributed by atoms with Gasteiger partial charge in [-0.25, -0.2) is 0 Å². The molecule has 0 saturated carbocycles. The summed E-state index contributed by atoms with van der Waals surface area (Å²) in [5.74, 6) is 0. The zero-order valence-corrected chi connectivity index (χ0v) is 6.40. The SMILES string of the molecule is CCC1O[C@@H](CO)[C@@H](C=O)O1. The molecule has 11 heavy (non-hydrogen) atoms. The summed E-state index contributed by atoms with van der Waals surface area (Å²) in [5.41, 5.74) is 0. The van der Waals surface area contributed by atoms with Crippen molar-refractivity contribution in [2.75, 3.05) is 6.61 Å². The highest BCUT2D eigenvalue weighted by Gasteiger charge is 2.34. The number of aliphatic hydroxyl groups is 1. The highest BCUT2D eigenvalue weighted by Crippen LogP contribution is 2.19. The monoisotopic (exact) mass is 160 g/mol. The van der Waals surface area contributed by atoms with E-state index < -0.39 is 12.2 Å². The highest BCUT2D eigenvalue weighted by molar-refractivity contribution is 5.57. The quantitative estimate of drug-likeness (QED) is 0.576. The summed E-state index contributed by atoms with van der Waals surface area (Å²) in [7, 11) is 0. The van der Waals surface area contributed by atoms with Crippen LogP contribution in [0, 0.1) is 0 Å². The third kappa shape index (κ3) is 1.77. The van der Waals surface area contributed by atoms with Crippen LogP contribution in [0.2, 0.25) is 0 Å². The molecule has 64 valence electrons. The lowest BCUT2D eigenvalue weighted by Gasteiger charge is -2.06. The summed E-state index contributed by atoms with van der Waals surface area (Å²) in [6, 6.07) is 0. The van der Waals surface area contributed by atoms with Crippen LogP contribution in [-0.4, -0.2) is 36.5 Å². The molecule has 0 aromatic heterocycles. The molecular formula is C7H12O4. The Balaban J connectivity index is 2.47. The lowest BCUT2D eigenvalue weighted by molar-refractivity contribution is -0.119. The van der Waals surface area contributed by atoms with Crippen LogP contribution in [0.15, 0.2) is 0 Å². The van der Waals surface area contributed by atoms with Crippen molar-refractivity contribution in [1.29, 1.82) is 0 Å².